The molecule has 0 saturated heterocycles. The summed E-state index contributed by atoms with van der Waals surface area (Å²) in [5.74, 6) is -0.318. The summed E-state index contributed by atoms with van der Waals surface area (Å²) in [6.07, 6.45) is 7.57. The van der Waals surface area contributed by atoms with Crippen LogP contribution < -0.4 is 11.1 Å². The van der Waals surface area contributed by atoms with Crippen LogP contribution in [0.5, 0.6) is 0 Å². The van der Waals surface area contributed by atoms with Gasteiger partial charge in [0.2, 0.25) is 0 Å². The molecule has 0 bridgehead atoms. The van der Waals surface area contributed by atoms with Crippen LogP contribution in [0.3, 0.4) is 0 Å². The number of nitrogens with two attached hydrogens (primary N) is 1. The molecular weight excluding hydrogens is 379 g/mol. The van der Waals surface area contributed by atoms with Gasteiger partial charge in [-0.3, -0.25) is 4.98 Å². The van der Waals surface area contributed by atoms with Crippen molar-refractivity contribution in [2.24, 2.45) is 0 Å². The first kappa shape index (κ1) is 21.3. The van der Waals surface area contributed by atoms with Crippen LogP contribution in [0.4, 0.5) is 20.6 Å². The molecule has 3 N–H and O–H groups in total. The van der Waals surface area contributed by atoms with Gasteiger partial charge in [-0.25, -0.2) is 9.18 Å². The first-order valence-electron chi connectivity index (χ1n) is 10.00. The molecule has 1 aliphatic heterocycles. The molecule has 2 heterocycles. The first-order chi connectivity index (χ1) is 14.4. The summed E-state index contributed by atoms with van der Waals surface area (Å²) in [4.78, 5) is 18.9. The number of nitrogens with zero attached hydrogens (tertiary/aromatic N) is 2. The van der Waals surface area contributed by atoms with Crippen molar-refractivity contribution in [1.82, 2.24) is 9.88 Å². The molecule has 0 spiro atoms. The number of halogens is 1. The number of nitrogen functional groups attached to an aromatic ring is 1. The standard InChI is InChI=1S/C24H27FN4O/c1-4-6-16(3)11-19-15-29(14-17(19)5-2)24(30)28-23-12-22(27-13-21(23)26)18-7-9-20(25)10-8-18/h5,7-13H,2,4,6,14-15,26H2,1,3H3,(H,27,28,30)/b16-11-. The third-order valence-corrected chi connectivity index (χ3v) is 5.05. The molecule has 30 heavy (non-hydrogen) atoms. The molecular formula is C24H27FN4O. The van der Waals surface area contributed by atoms with Crippen molar-refractivity contribution < 1.29 is 9.18 Å². The molecule has 1 aliphatic rings. The molecule has 2 aromatic rings. The monoisotopic (exact) mass is 406 g/mol. The fourth-order valence-electron chi connectivity index (χ4n) is 3.46. The highest BCUT2D eigenvalue weighted by atomic mass is 19.1. The van der Waals surface area contributed by atoms with E-state index in [2.05, 4.69) is 36.8 Å². The largest absolute Gasteiger partial charge is 0.396 e. The van der Waals surface area contributed by atoms with Gasteiger partial charge < -0.3 is 16.0 Å². The predicted molar refractivity (Wildman–Crippen MR) is 121 cm³/mol. The van der Waals surface area contributed by atoms with Crippen molar-refractivity contribution >= 4 is 17.4 Å². The van der Waals surface area contributed by atoms with Crippen LogP contribution in [0.2, 0.25) is 0 Å². The number of hydrogen-bond acceptors (Lipinski definition) is 3. The number of carbonyl (C=O) groups is 1. The zero-order valence-electron chi connectivity index (χ0n) is 17.4. The summed E-state index contributed by atoms with van der Waals surface area (Å²) < 4.78 is 13.2. The third kappa shape index (κ3) is 4.95. The second kappa shape index (κ2) is 9.39. The van der Waals surface area contributed by atoms with E-state index in [1.165, 1.54) is 23.9 Å². The number of urea groups is 1. The second-order valence-electron chi connectivity index (χ2n) is 7.45. The zero-order chi connectivity index (χ0) is 21.7. The number of pyridine rings is 1. The van der Waals surface area contributed by atoms with Crippen LogP contribution in [0.25, 0.3) is 11.3 Å². The molecule has 1 aromatic heterocycles. The van der Waals surface area contributed by atoms with E-state index < -0.39 is 0 Å². The molecule has 0 unspecified atom stereocenters. The van der Waals surface area contributed by atoms with E-state index in [4.69, 9.17) is 5.73 Å². The normalized spacial score (nSPS) is 14.2. The Morgan fingerprint density at radius 1 is 1.30 bits per heavy atom. The van der Waals surface area contributed by atoms with Crippen LogP contribution >= 0.6 is 0 Å². The highest BCUT2D eigenvalue weighted by Crippen LogP contribution is 2.27. The second-order valence-corrected chi connectivity index (χ2v) is 7.45. The maximum Gasteiger partial charge on any atom is 0.322 e. The lowest BCUT2D eigenvalue weighted by atomic mass is 10.1. The molecule has 6 heteroatoms. The number of allylic oxidation sites excluding steroid dienone is 1. The summed E-state index contributed by atoms with van der Waals surface area (Å²) in [5.41, 5.74) is 11.7. The molecule has 0 radical (unpaired) electrons. The summed E-state index contributed by atoms with van der Waals surface area (Å²) in [6.45, 7) is 9.16. The van der Waals surface area contributed by atoms with Gasteiger partial charge in [0.05, 0.1) is 23.3 Å². The van der Waals surface area contributed by atoms with Crippen molar-refractivity contribution in [3.8, 4) is 11.3 Å². The first-order valence-corrected chi connectivity index (χ1v) is 10.00. The molecule has 1 aromatic carbocycles. The van der Waals surface area contributed by atoms with Crippen molar-refractivity contribution in [1.29, 1.82) is 0 Å². The van der Waals surface area contributed by atoms with Crippen molar-refractivity contribution in [3.05, 3.63) is 77.8 Å². The Morgan fingerprint density at radius 2 is 2.00 bits per heavy atom. The van der Waals surface area contributed by atoms with Gasteiger partial charge >= 0.3 is 6.03 Å². The number of anilines is 2. The molecule has 0 fully saturated rings. The van der Waals surface area contributed by atoms with Crippen LogP contribution in [-0.4, -0.2) is 29.0 Å². The Balaban J connectivity index is 1.75. The van der Waals surface area contributed by atoms with Crippen LogP contribution in [0.1, 0.15) is 26.7 Å². The zero-order valence-corrected chi connectivity index (χ0v) is 17.4. The number of nitrogens with one attached hydrogen (secondary N) is 1. The molecule has 0 saturated carbocycles. The quantitative estimate of drug-likeness (QED) is 0.661. The van der Waals surface area contributed by atoms with Gasteiger partial charge in [-0.05, 0) is 54.8 Å². The molecule has 5 nitrogen and oxygen atoms in total. The summed E-state index contributed by atoms with van der Waals surface area (Å²) in [6, 6.07) is 7.47. The summed E-state index contributed by atoms with van der Waals surface area (Å²) in [5, 5.41) is 2.88. The average Bonchev–Trinajstić information content (AvgIpc) is 3.13. The van der Waals surface area contributed by atoms with Crippen LogP contribution in [0, 0.1) is 5.82 Å². The highest BCUT2D eigenvalue weighted by molar-refractivity contribution is 5.94. The van der Waals surface area contributed by atoms with E-state index in [1.807, 2.05) is 6.08 Å². The average molecular weight is 407 g/mol. The molecule has 2 amide bonds. The number of carbonyl (C=O) groups excluding carboxylic acids is 1. The predicted octanol–water partition coefficient (Wildman–Crippen LogP) is 5.55. The van der Waals surface area contributed by atoms with Gasteiger partial charge in [0.15, 0.2) is 0 Å². The fourth-order valence-corrected chi connectivity index (χ4v) is 3.46. The van der Waals surface area contributed by atoms with Gasteiger partial charge in [0.25, 0.3) is 0 Å². The van der Waals surface area contributed by atoms with Crippen LogP contribution in [-0.2, 0) is 0 Å². The molecule has 0 aliphatic carbocycles. The maximum absolute atomic E-state index is 13.2. The lowest BCUT2D eigenvalue weighted by Gasteiger charge is -2.18. The minimum Gasteiger partial charge on any atom is -0.396 e. The number of rotatable bonds is 6. The number of hydrogen-bond donors (Lipinski definition) is 2. The third-order valence-electron chi connectivity index (χ3n) is 5.05. The van der Waals surface area contributed by atoms with Crippen molar-refractivity contribution in [2.45, 2.75) is 26.7 Å². The summed E-state index contributed by atoms with van der Waals surface area (Å²) >= 11 is 0. The van der Waals surface area contributed by atoms with Gasteiger partial charge in [-0.2, -0.15) is 0 Å². The van der Waals surface area contributed by atoms with Gasteiger partial charge in [0.1, 0.15) is 5.82 Å². The SMILES string of the molecule is C=CC1=C(/C=C(/C)CCC)CN(C(=O)Nc2cc(-c3ccc(F)cc3)ncc2N)C1. The smallest absolute Gasteiger partial charge is 0.322 e. The van der Waals surface area contributed by atoms with Crippen molar-refractivity contribution in [2.75, 3.05) is 24.1 Å². The van der Waals surface area contributed by atoms with E-state index in [0.29, 0.717) is 30.2 Å². The van der Waals surface area contributed by atoms with E-state index in [0.717, 1.165) is 29.6 Å². The Morgan fingerprint density at radius 3 is 2.67 bits per heavy atom. The fraction of sp³-hybridized carbons (Fsp3) is 0.250. The Labute approximate surface area is 176 Å². The van der Waals surface area contributed by atoms with Gasteiger partial charge in [-0.1, -0.05) is 37.6 Å². The van der Waals surface area contributed by atoms with Gasteiger partial charge in [0, 0.05) is 18.7 Å². The minimum absolute atomic E-state index is 0.242. The Kier molecular flexibility index (Phi) is 6.67. The molecule has 3 rings (SSSR count). The number of benzene rings is 1. The van der Waals surface area contributed by atoms with E-state index in [1.54, 1.807) is 23.1 Å². The highest BCUT2D eigenvalue weighted by Gasteiger charge is 2.24. The maximum atomic E-state index is 13.2. The van der Waals surface area contributed by atoms with E-state index >= 15 is 0 Å². The van der Waals surface area contributed by atoms with E-state index in [9.17, 15) is 9.18 Å². The van der Waals surface area contributed by atoms with Crippen molar-refractivity contribution in [3.63, 3.8) is 0 Å². The Hall–Kier alpha value is -3.41. The Bertz CT molecular complexity index is 1010. The number of amides is 2. The topological polar surface area (TPSA) is 71.2 Å². The van der Waals surface area contributed by atoms with Crippen LogP contribution in [0.15, 0.2) is 72.0 Å². The van der Waals surface area contributed by atoms with E-state index in [-0.39, 0.29) is 11.8 Å². The molecule has 156 valence electrons. The lowest BCUT2D eigenvalue weighted by Crippen LogP contribution is -2.33. The number of aromatic nitrogens is 1. The minimum atomic E-state index is -0.318. The summed E-state index contributed by atoms with van der Waals surface area (Å²) in [7, 11) is 0. The lowest BCUT2D eigenvalue weighted by molar-refractivity contribution is 0.223. The molecule has 0 atom stereocenters. The van der Waals surface area contributed by atoms with Gasteiger partial charge in [-0.15, -0.1) is 0 Å².